The van der Waals surface area contributed by atoms with Crippen molar-refractivity contribution >= 4 is 29.8 Å². The number of barbiturate groups is 1. The minimum absolute atomic E-state index is 0.719. The lowest BCUT2D eigenvalue weighted by molar-refractivity contribution is -0.223. The van der Waals surface area contributed by atoms with Crippen LogP contribution in [0.5, 0.6) is 0 Å². The van der Waals surface area contributed by atoms with Crippen LogP contribution >= 0.6 is 0 Å². The number of urea groups is 1. The van der Waals surface area contributed by atoms with Crippen molar-refractivity contribution in [2.45, 2.75) is 31.8 Å². The highest BCUT2D eigenvalue weighted by Gasteiger charge is 2.61. The first-order chi connectivity index (χ1) is 10.3. The molecule has 0 aromatic carbocycles. The van der Waals surface area contributed by atoms with Crippen molar-refractivity contribution in [1.29, 1.82) is 0 Å². The van der Waals surface area contributed by atoms with Gasteiger partial charge in [-0.3, -0.25) is 29.8 Å². The maximum Gasteiger partial charge on any atom is 0.328 e. The van der Waals surface area contributed by atoms with Crippen molar-refractivity contribution in [3.05, 3.63) is 12.2 Å². The van der Waals surface area contributed by atoms with Gasteiger partial charge in [0.1, 0.15) is 0 Å². The summed E-state index contributed by atoms with van der Waals surface area (Å²) < 4.78 is 14.9. The van der Waals surface area contributed by atoms with Crippen LogP contribution in [-0.4, -0.2) is 47.8 Å². The van der Waals surface area contributed by atoms with Crippen LogP contribution in [0.4, 0.5) is 4.79 Å². The molecule has 10 heteroatoms. The standard InChI is InChI=1S/C12H12N2O8/c1-5(15)20-7-3-4-8(21-6(2)16)22-12(7)9(17)13-11(19)14-10(12)18/h3-4,7-8H,1-2H3,(H2,13,14,17,18,19)/t7-,8-/m0/s1. The number of esters is 2. The monoisotopic (exact) mass is 312 g/mol. The zero-order valence-corrected chi connectivity index (χ0v) is 11.6. The Hall–Kier alpha value is -2.75. The summed E-state index contributed by atoms with van der Waals surface area (Å²) in [7, 11) is 0. The van der Waals surface area contributed by atoms with Crippen molar-refractivity contribution in [3.8, 4) is 0 Å². The second kappa shape index (κ2) is 5.56. The van der Waals surface area contributed by atoms with Crippen LogP contribution in [0.25, 0.3) is 0 Å². The van der Waals surface area contributed by atoms with E-state index in [0.29, 0.717) is 0 Å². The predicted molar refractivity (Wildman–Crippen MR) is 65.7 cm³/mol. The Kier molecular flexibility index (Phi) is 3.95. The number of ether oxygens (including phenoxy) is 3. The first kappa shape index (κ1) is 15.6. The second-order valence-electron chi connectivity index (χ2n) is 4.48. The summed E-state index contributed by atoms with van der Waals surface area (Å²) in [6.45, 7) is 2.18. The third-order valence-corrected chi connectivity index (χ3v) is 2.85. The minimum Gasteiger partial charge on any atom is -0.454 e. The van der Waals surface area contributed by atoms with Crippen LogP contribution in [0.1, 0.15) is 13.8 Å². The van der Waals surface area contributed by atoms with Gasteiger partial charge in [-0.15, -0.1) is 0 Å². The number of carbonyl (C=O) groups excluding carboxylic acids is 5. The first-order valence-electron chi connectivity index (χ1n) is 6.13. The van der Waals surface area contributed by atoms with E-state index in [1.54, 1.807) is 0 Å². The van der Waals surface area contributed by atoms with Crippen LogP contribution in [0.2, 0.25) is 0 Å². The van der Waals surface area contributed by atoms with Crippen LogP contribution in [-0.2, 0) is 33.4 Å². The van der Waals surface area contributed by atoms with Crippen molar-refractivity contribution in [2.24, 2.45) is 0 Å². The molecule has 2 atom stereocenters. The molecule has 118 valence electrons. The Morgan fingerprint density at radius 2 is 1.59 bits per heavy atom. The Morgan fingerprint density at radius 3 is 2.09 bits per heavy atom. The molecule has 0 unspecified atom stereocenters. The number of rotatable bonds is 2. The highest BCUT2D eigenvalue weighted by atomic mass is 16.7. The summed E-state index contributed by atoms with van der Waals surface area (Å²) in [6, 6.07) is -1.04. The van der Waals surface area contributed by atoms with Crippen LogP contribution in [0.3, 0.4) is 0 Å². The number of imide groups is 2. The van der Waals surface area contributed by atoms with Crippen LogP contribution < -0.4 is 10.6 Å². The molecule has 2 rings (SSSR count). The summed E-state index contributed by atoms with van der Waals surface area (Å²) >= 11 is 0. The molecule has 2 aliphatic rings. The van der Waals surface area contributed by atoms with Gasteiger partial charge in [0.05, 0.1) is 0 Å². The van der Waals surface area contributed by atoms with Gasteiger partial charge in [0.25, 0.3) is 17.4 Å². The predicted octanol–water partition coefficient (Wildman–Crippen LogP) is -1.50. The van der Waals surface area contributed by atoms with Gasteiger partial charge < -0.3 is 14.2 Å². The molecule has 0 saturated carbocycles. The van der Waals surface area contributed by atoms with Gasteiger partial charge in [-0.1, -0.05) is 0 Å². The van der Waals surface area contributed by atoms with Gasteiger partial charge >= 0.3 is 18.0 Å². The van der Waals surface area contributed by atoms with E-state index >= 15 is 0 Å². The highest BCUT2D eigenvalue weighted by molar-refractivity contribution is 6.22. The van der Waals surface area contributed by atoms with Crippen molar-refractivity contribution in [3.63, 3.8) is 0 Å². The molecular formula is C12H12N2O8. The molecule has 0 aromatic heterocycles. The van der Waals surface area contributed by atoms with E-state index in [9.17, 15) is 24.0 Å². The quantitative estimate of drug-likeness (QED) is 0.357. The first-order valence-corrected chi connectivity index (χ1v) is 6.13. The van der Waals surface area contributed by atoms with Crippen molar-refractivity contribution in [1.82, 2.24) is 10.6 Å². The van der Waals surface area contributed by atoms with Crippen molar-refractivity contribution < 1.29 is 38.2 Å². The molecule has 2 N–H and O–H groups in total. The van der Waals surface area contributed by atoms with Gasteiger partial charge in [-0.05, 0) is 12.2 Å². The fraction of sp³-hybridized carbons (Fsp3) is 0.417. The molecule has 0 bridgehead atoms. The van der Waals surface area contributed by atoms with E-state index in [-0.39, 0.29) is 0 Å². The molecular weight excluding hydrogens is 300 g/mol. The van der Waals surface area contributed by atoms with Gasteiger partial charge in [0, 0.05) is 13.8 Å². The normalized spacial score (nSPS) is 26.2. The highest BCUT2D eigenvalue weighted by Crippen LogP contribution is 2.30. The van der Waals surface area contributed by atoms with Gasteiger partial charge in [-0.25, -0.2) is 4.79 Å². The topological polar surface area (TPSA) is 137 Å². The molecule has 2 aliphatic heterocycles. The van der Waals surface area contributed by atoms with Gasteiger partial charge in [-0.2, -0.15) is 0 Å². The smallest absolute Gasteiger partial charge is 0.328 e. The Balaban J connectivity index is 2.41. The number of carbonyl (C=O) groups is 5. The lowest BCUT2D eigenvalue weighted by Crippen LogP contribution is -2.73. The summed E-state index contributed by atoms with van der Waals surface area (Å²) in [5.41, 5.74) is -2.37. The number of amides is 4. The van der Waals surface area contributed by atoms with Crippen molar-refractivity contribution in [2.75, 3.05) is 0 Å². The number of nitrogens with one attached hydrogen (secondary N) is 2. The van der Waals surface area contributed by atoms with E-state index in [0.717, 1.165) is 13.8 Å². The molecule has 1 spiro atoms. The second-order valence-corrected chi connectivity index (χ2v) is 4.48. The zero-order chi connectivity index (χ0) is 16.5. The average Bonchev–Trinajstić information content (AvgIpc) is 2.37. The molecule has 1 saturated heterocycles. The van der Waals surface area contributed by atoms with Crippen LogP contribution in [0, 0.1) is 0 Å². The zero-order valence-electron chi connectivity index (χ0n) is 11.6. The third kappa shape index (κ3) is 2.68. The molecule has 0 aromatic rings. The summed E-state index contributed by atoms with van der Waals surface area (Å²) in [6.07, 6.45) is -0.399. The lowest BCUT2D eigenvalue weighted by atomic mass is 9.90. The SMILES string of the molecule is CC(=O)O[C@@H]1C=C[C@H](OC(C)=O)C2(O1)C(=O)NC(=O)NC2=O. The molecule has 22 heavy (non-hydrogen) atoms. The molecule has 0 aliphatic carbocycles. The lowest BCUT2D eigenvalue weighted by Gasteiger charge is -2.41. The Labute approximate surface area is 123 Å². The Bertz CT molecular complexity index is 576. The average molecular weight is 312 g/mol. The number of hydrogen-bond donors (Lipinski definition) is 2. The van der Waals surface area contributed by atoms with E-state index in [4.69, 9.17) is 14.2 Å². The fourth-order valence-electron chi connectivity index (χ4n) is 2.04. The Morgan fingerprint density at radius 1 is 1.05 bits per heavy atom. The molecule has 0 radical (unpaired) electrons. The van der Waals surface area contributed by atoms with Crippen LogP contribution in [0.15, 0.2) is 12.2 Å². The molecule has 4 amide bonds. The molecule has 1 fully saturated rings. The third-order valence-electron chi connectivity index (χ3n) is 2.85. The summed E-state index contributed by atoms with van der Waals surface area (Å²) in [4.78, 5) is 57.6. The van der Waals surface area contributed by atoms with E-state index in [1.807, 2.05) is 10.6 Å². The largest absolute Gasteiger partial charge is 0.454 e. The molecule has 2 heterocycles. The van der Waals surface area contributed by atoms with E-state index < -0.39 is 47.8 Å². The van der Waals surface area contributed by atoms with E-state index in [1.165, 1.54) is 12.2 Å². The maximum atomic E-state index is 12.1. The summed E-state index contributed by atoms with van der Waals surface area (Å²) in [5.74, 6) is -3.76. The van der Waals surface area contributed by atoms with E-state index in [2.05, 4.69) is 0 Å². The summed E-state index contributed by atoms with van der Waals surface area (Å²) in [5, 5.41) is 3.69. The van der Waals surface area contributed by atoms with Gasteiger partial charge in [0.15, 0.2) is 6.10 Å². The van der Waals surface area contributed by atoms with Gasteiger partial charge in [0.2, 0.25) is 6.29 Å². The molecule has 10 nitrogen and oxygen atoms in total. The minimum atomic E-state index is -2.37. The fourth-order valence-corrected chi connectivity index (χ4v) is 2.04. The maximum absolute atomic E-state index is 12.1. The number of hydrogen-bond acceptors (Lipinski definition) is 8.